The highest BCUT2D eigenvalue weighted by Gasteiger charge is 2.34. The van der Waals surface area contributed by atoms with Gasteiger partial charge in [-0.2, -0.15) is 0 Å². The molecule has 1 aromatic rings. The molecule has 1 saturated heterocycles. The molecule has 0 saturated carbocycles. The van der Waals surface area contributed by atoms with Gasteiger partial charge in [-0.1, -0.05) is 36.4 Å². The Bertz CT molecular complexity index is 427. The van der Waals surface area contributed by atoms with Crippen molar-refractivity contribution in [1.82, 2.24) is 0 Å². The lowest BCUT2D eigenvalue weighted by molar-refractivity contribution is -0.300. The van der Waals surface area contributed by atoms with Crippen molar-refractivity contribution in [2.75, 3.05) is 6.61 Å². The van der Waals surface area contributed by atoms with Crippen LogP contribution >= 0.6 is 0 Å². The average molecular weight is 290 g/mol. The molecule has 1 heterocycles. The molecule has 0 bridgehead atoms. The zero-order valence-electron chi connectivity index (χ0n) is 13.1. The normalized spacial score (nSPS) is 24.7. The van der Waals surface area contributed by atoms with Crippen molar-refractivity contribution in [1.29, 1.82) is 0 Å². The van der Waals surface area contributed by atoms with E-state index >= 15 is 0 Å². The predicted molar refractivity (Wildman–Crippen MR) is 84.0 cm³/mol. The van der Waals surface area contributed by atoms with E-state index in [0.29, 0.717) is 13.2 Å². The second-order valence-corrected chi connectivity index (χ2v) is 5.97. The summed E-state index contributed by atoms with van der Waals surface area (Å²) in [6.45, 7) is 9.10. The minimum Gasteiger partial charge on any atom is -0.377 e. The Hall–Kier alpha value is -1.16. The van der Waals surface area contributed by atoms with Gasteiger partial charge in [-0.05, 0) is 32.3 Å². The Balaban J connectivity index is 1.73. The van der Waals surface area contributed by atoms with E-state index in [-0.39, 0.29) is 12.2 Å². The van der Waals surface area contributed by atoms with E-state index in [2.05, 4.69) is 18.7 Å². The summed E-state index contributed by atoms with van der Waals surface area (Å²) in [4.78, 5) is 0. The first kappa shape index (κ1) is 16.2. The third-order valence-corrected chi connectivity index (χ3v) is 3.55. The van der Waals surface area contributed by atoms with Gasteiger partial charge < -0.3 is 14.2 Å². The lowest BCUT2D eigenvalue weighted by Gasteiger charge is -2.40. The molecule has 0 N–H and O–H groups in total. The van der Waals surface area contributed by atoms with Crippen molar-refractivity contribution in [2.24, 2.45) is 0 Å². The molecule has 0 aromatic heterocycles. The molecule has 2 rings (SSSR count). The number of benzene rings is 1. The van der Waals surface area contributed by atoms with Crippen molar-refractivity contribution in [3.63, 3.8) is 0 Å². The molecule has 116 valence electrons. The molecule has 1 aliphatic heterocycles. The molecular weight excluding hydrogens is 264 g/mol. The first-order valence-corrected chi connectivity index (χ1v) is 7.67. The van der Waals surface area contributed by atoms with Crippen LogP contribution in [-0.4, -0.2) is 24.6 Å². The summed E-state index contributed by atoms with van der Waals surface area (Å²) < 4.78 is 17.6. The second kappa shape index (κ2) is 7.74. The van der Waals surface area contributed by atoms with Crippen LogP contribution in [0.5, 0.6) is 0 Å². The highest BCUT2D eigenvalue weighted by atomic mass is 16.7. The summed E-state index contributed by atoms with van der Waals surface area (Å²) in [6.07, 6.45) is 4.97. The fraction of sp³-hybridized carbons (Fsp3) is 0.556. The Morgan fingerprint density at radius 1 is 1.24 bits per heavy atom. The highest BCUT2D eigenvalue weighted by molar-refractivity contribution is 5.13. The van der Waals surface area contributed by atoms with Gasteiger partial charge in [-0.15, -0.1) is 6.58 Å². The molecule has 3 heteroatoms. The van der Waals surface area contributed by atoms with Crippen molar-refractivity contribution in [2.45, 2.75) is 57.7 Å². The largest absolute Gasteiger partial charge is 0.377 e. The van der Waals surface area contributed by atoms with Crippen LogP contribution in [0.1, 0.15) is 38.7 Å². The molecule has 1 aromatic carbocycles. The molecular formula is C18H26O3. The lowest BCUT2D eigenvalue weighted by Crippen LogP contribution is -2.44. The molecule has 1 aliphatic rings. The van der Waals surface area contributed by atoms with Crippen molar-refractivity contribution in [3.05, 3.63) is 48.6 Å². The molecule has 0 unspecified atom stereocenters. The first-order valence-electron chi connectivity index (χ1n) is 7.67. The monoisotopic (exact) mass is 290 g/mol. The average Bonchev–Trinajstić information content (AvgIpc) is 2.43. The number of hydrogen-bond acceptors (Lipinski definition) is 3. The maximum atomic E-state index is 5.97. The molecule has 21 heavy (non-hydrogen) atoms. The minimum atomic E-state index is -0.518. The van der Waals surface area contributed by atoms with Gasteiger partial charge >= 0.3 is 0 Å². The third kappa shape index (κ3) is 5.62. The van der Waals surface area contributed by atoms with E-state index in [1.807, 2.05) is 38.1 Å². The van der Waals surface area contributed by atoms with Crippen LogP contribution in [0.15, 0.2) is 43.0 Å². The van der Waals surface area contributed by atoms with Gasteiger partial charge in [0.25, 0.3) is 0 Å². The summed E-state index contributed by atoms with van der Waals surface area (Å²) in [6, 6.07) is 10.2. The fourth-order valence-electron chi connectivity index (χ4n) is 2.71. The van der Waals surface area contributed by atoms with Crippen LogP contribution in [0.25, 0.3) is 0 Å². The predicted octanol–water partition coefficient (Wildman–Crippen LogP) is 4.08. The molecule has 1 fully saturated rings. The van der Waals surface area contributed by atoms with Crippen LogP contribution in [0.4, 0.5) is 0 Å². The van der Waals surface area contributed by atoms with Gasteiger partial charge in [-0.3, -0.25) is 0 Å². The number of ether oxygens (including phenoxy) is 3. The van der Waals surface area contributed by atoms with Crippen LogP contribution in [0, 0.1) is 0 Å². The highest BCUT2D eigenvalue weighted by Crippen LogP contribution is 2.29. The van der Waals surface area contributed by atoms with Gasteiger partial charge in [0.15, 0.2) is 5.79 Å². The Labute approximate surface area is 127 Å². The van der Waals surface area contributed by atoms with Gasteiger partial charge in [-0.25, -0.2) is 0 Å². The van der Waals surface area contributed by atoms with E-state index in [1.54, 1.807) is 0 Å². The van der Waals surface area contributed by atoms with Gasteiger partial charge in [0.1, 0.15) is 0 Å². The Kier molecular flexibility index (Phi) is 5.97. The van der Waals surface area contributed by atoms with E-state index in [1.165, 1.54) is 5.56 Å². The molecule has 0 spiro atoms. The van der Waals surface area contributed by atoms with Crippen molar-refractivity contribution < 1.29 is 14.2 Å². The van der Waals surface area contributed by atoms with Gasteiger partial charge in [0.05, 0.1) is 18.8 Å². The maximum absolute atomic E-state index is 5.97. The summed E-state index contributed by atoms with van der Waals surface area (Å²) >= 11 is 0. The zero-order valence-corrected chi connectivity index (χ0v) is 13.1. The SMILES string of the molecule is C=CC[C@H]1C[C@@H](CCOCc2ccccc2)OC(C)(C)O1. The van der Waals surface area contributed by atoms with Crippen LogP contribution in [0.3, 0.4) is 0 Å². The van der Waals surface area contributed by atoms with Gasteiger partial charge in [0, 0.05) is 13.0 Å². The molecule has 3 nitrogen and oxygen atoms in total. The summed E-state index contributed by atoms with van der Waals surface area (Å²) in [5.41, 5.74) is 1.20. The summed E-state index contributed by atoms with van der Waals surface area (Å²) in [5, 5.41) is 0. The van der Waals surface area contributed by atoms with E-state index < -0.39 is 5.79 Å². The quantitative estimate of drug-likeness (QED) is 0.559. The van der Waals surface area contributed by atoms with Gasteiger partial charge in [0.2, 0.25) is 0 Å². The zero-order chi connectivity index (χ0) is 15.1. The van der Waals surface area contributed by atoms with Crippen LogP contribution in [0.2, 0.25) is 0 Å². The Morgan fingerprint density at radius 2 is 1.95 bits per heavy atom. The molecule has 0 aliphatic carbocycles. The second-order valence-electron chi connectivity index (χ2n) is 5.97. The first-order chi connectivity index (χ1) is 10.1. The topological polar surface area (TPSA) is 27.7 Å². The van der Waals surface area contributed by atoms with Crippen molar-refractivity contribution in [3.8, 4) is 0 Å². The van der Waals surface area contributed by atoms with Crippen LogP contribution < -0.4 is 0 Å². The standard InChI is InChI=1S/C18H26O3/c1-4-8-16-13-17(21-18(2,3)20-16)11-12-19-14-15-9-6-5-7-10-15/h4-7,9-10,16-17H,1,8,11-14H2,2-3H3/t16-,17+/m0/s1. The Morgan fingerprint density at radius 3 is 2.67 bits per heavy atom. The van der Waals surface area contributed by atoms with Crippen LogP contribution in [-0.2, 0) is 20.8 Å². The fourth-order valence-corrected chi connectivity index (χ4v) is 2.71. The molecule has 0 radical (unpaired) electrons. The molecule has 2 atom stereocenters. The summed E-state index contributed by atoms with van der Waals surface area (Å²) in [7, 11) is 0. The third-order valence-electron chi connectivity index (χ3n) is 3.55. The number of rotatable bonds is 7. The van der Waals surface area contributed by atoms with Crippen molar-refractivity contribution >= 4 is 0 Å². The van der Waals surface area contributed by atoms with E-state index in [4.69, 9.17) is 14.2 Å². The molecule has 0 amide bonds. The maximum Gasteiger partial charge on any atom is 0.163 e. The smallest absolute Gasteiger partial charge is 0.163 e. The lowest BCUT2D eigenvalue weighted by atomic mass is 10.0. The number of hydrogen-bond donors (Lipinski definition) is 0. The summed E-state index contributed by atoms with van der Waals surface area (Å²) in [5.74, 6) is -0.518. The van der Waals surface area contributed by atoms with E-state index in [0.717, 1.165) is 19.3 Å². The minimum absolute atomic E-state index is 0.189. The van der Waals surface area contributed by atoms with E-state index in [9.17, 15) is 0 Å².